The van der Waals surface area contributed by atoms with Gasteiger partial charge in [-0.1, -0.05) is 22.0 Å². The lowest BCUT2D eigenvalue weighted by Crippen LogP contribution is -2.58. The van der Waals surface area contributed by atoms with E-state index in [1.54, 1.807) is 0 Å². The molecule has 1 aliphatic rings. The summed E-state index contributed by atoms with van der Waals surface area (Å²) in [6.07, 6.45) is 0. The molecule has 0 radical (unpaired) electrons. The van der Waals surface area contributed by atoms with E-state index in [9.17, 15) is 4.79 Å². The topological polar surface area (TPSA) is 49.6 Å². The van der Waals surface area contributed by atoms with E-state index in [1.165, 1.54) is 0 Å². The van der Waals surface area contributed by atoms with E-state index < -0.39 is 0 Å². The number of hydrogen-bond acceptors (Lipinski definition) is 3. The van der Waals surface area contributed by atoms with Gasteiger partial charge in [-0.3, -0.25) is 9.69 Å². The molecule has 1 fully saturated rings. The van der Waals surface area contributed by atoms with E-state index in [0.717, 1.165) is 22.3 Å². The summed E-state index contributed by atoms with van der Waals surface area (Å²) in [6.45, 7) is 3.95. The third kappa shape index (κ3) is 2.43. The molecule has 1 heterocycles. The van der Waals surface area contributed by atoms with Crippen LogP contribution in [0.2, 0.25) is 0 Å². The summed E-state index contributed by atoms with van der Waals surface area (Å²) < 4.78 is 1.02. The quantitative estimate of drug-likeness (QED) is 0.897. The predicted octanol–water partition coefficient (Wildman–Crippen LogP) is 1.36. The fourth-order valence-electron chi connectivity index (χ4n) is 2.18. The van der Waals surface area contributed by atoms with Crippen LogP contribution in [0.3, 0.4) is 0 Å². The normalized spacial score (nSPS) is 21.4. The Labute approximate surface area is 116 Å². The molecule has 1 saturated heterocycles. The van der Waals surface area contributed by atoms with Gasteiger partial charge >= 0.3 is 0 Å². The number of hydrogen-bond donors (Lipinski definition) is 1. The van der Waals surface area contributed by atoms with Crippen molar-refractivity contribution in [3.8, 4) is 0 Å². The molecule has 1 amide bonds. The molecule has 1 aromatic carbocycles. The first kappa shape index (κ1) is 13.5. The molecule has 2 rings (SSSR count). The maximum absolute atomic E-state index is 12.4. The van der Waals surface area contributed by atoms with Gasteiger partial charge < -0.3 is 10.6 Å². The lowest BCUT2D eigenvalue weighted by atomic mass is 10.1. The molecule has 0 aliphatic carbocycles. The van der Waals surface area contributed by atoms with Gasteiger partial charge in [0.2, 0.25) is 5.91 Å². The van der Waals surface area contributed by atoms with Gasteiger partial charge in [-0.2, -0.15) is 0 Å². The van der Waals surface area contributed by atoms with Crippen molar-refractivity contribution in [2.75, 3.05) is 31.6 Å². The minimum atomic E-state index is -0.209. The van der Waals surface area contributed by atoms with Gasteiger partial charge in [0.05, 0.1) is 0 Å². The Morgan fingerprint density at radius 1 is 1.44 bits per heavy atom. The highest BCUT2D eigenvalue weighted by Gasteiger charge is 2.32. The van der Waals surface area contributed by atoms with E-state index in [1.807, 2.05) is 42.0 Å². The van der Waals surface area contributed by atoms with Crippen LogP contribution in [0.15, 0.2) is 22.7 Å². The summed E-state index contributed by atoms with van der Waals surface area (Å²) in [4.78, 5) is 16.2. The number of benzene rings is 1. The van der Waals surface area contributed by atoms with Crippen molar-refractivity contribution in [3.05, 3.63) is 28.2 Å². The average molecular weight is 312 g/mol. The van der Waals surface area contributed by atoms with Crippen LogP contribution in [-0.2, 0) is 4.79 Å². The summed E-state index contributed by atoms with van der Waals surface area (Å²) in [7, 11) is 1.94. The number of aryl methyl sites for hydroxylation is 1. The van der Waals surface area contributed by atoms with Crippen molar-refractivity contribution in [2.24, 2.45) is 5.73 Å². The second kappa shape index (κ2) is 5.38. The Hall–Kier alpha value is -0.910. The lowest BCUT2D eigenvalue weighted by molar-refractivity contribution is -0.124. The Bertz CT molecular complexity index is 464. The lowest BCUT2D eigenvalue weighted by Gasteiger charge is -2.38. The molecule has 0 aromatic heterocycles. The summed E-state index contributed by atoms with van der Waals surface area (Å²) >= 11 is 3.50. The van der Waals surface area contributed by atoms with Gasteiger partial charge in [-0.15, -0.1) is 0 Å². The molecule has 1 atom stereocenters. The Balaban J connectivity index is 2.27. The van der Waals surface area contributed by atoms with Gasteiger partial charge in [0.15, 0.2) is 0 Å². The van der Waals surface area contributed by atoms with Gasteiger partial charge in [-0.05, 0) is 31.7 Å². The van der Waals surface area contributed by atoms with Crippen molar-refractivity contribution >= 4 is 27.5 Å². The molecule has 2 N–H and O–H groups in total. The fourth-order valence-corrected chi connectivity index (χ4v) is 2.55. The SMILES string of the molecule is Cc1ccc(N2CCN(C)C(CN)C2=O)cc1Br. The Morgan fingerprint density at radius 3 is 2.78 bits per heavy atom. The number of carbonyl (C=O) groups excluding carboxylic acids is 1. The number of likely N-dealkylation sites (N-methyl/N-ethyl adjacent to an activating group) is 1. The van der Waals surface area contributed by atoms with Crippen molar-refractivity contribution in [1.82, 2.24) is 4.90 Å². The Morgan fingerprint density at radius 2 is 2.17 bits per heavy atom. The largest absolute Gasteiger partial charge is 0.328 e. The van der Waals surface area contributed by atoms with Crippen LogP contribution in [0.1, 0.15) is 5.56 Å². The molecule has 0 spiro atoms. The van der Waals surface area contributed by atoms with Crippen LogP contribution in [0.4, 0.5) is 5.69 Å². The van der Waals surface area contributed by atoms with Gasteiger partial charge in [0.25, 0.3) is 0 Å². The van der Waals surface area contributed by atoms with Crippen molar-refractivity contribution < 1.29 is 4.79 Å². The van der Waals surface area contributed by atoms with Crippen LogP contribution >= 0.6 is 15.9 Å². The van der Waals surface area contributed by atoms with Crippen LogP contribution in [0.5, 0.6) is 0 Å². The number of piperazine rings is 1. The fraction of sp³-hybridized carbons (Fsp3) is 0.462. The molecular weight excluding hydrogens is 294 g/mol. The van der Waals surface area contributed by atoms with Crippen molar-refractivity contribution in [2.45, 2.75) is 13.0 Å². The van der Waals surface area contributed by atoms with Crippen LogP contribution in [0, 0.1) is 6.92 Å². The van der Waals surface area contributed by atoms with E-state index in [0.29, 0.717) is 13.1 Å². The average Bonchev–Trinajstić information content (AvgIpc) is 2.34. The first-order valence-electron chi connectivity index (χ1n) is 6.02. The first-order chi connectivity index (χ1) is 8.54. The van der Waals surface area contributed by atoms with Crippen LogP contribution in [-0.4, -0.2) is 43.5 Å². The zero-order valence-electron chi connectivity index (χ0n) is 10.7. The zero-order valence-corrected chi connectivity index (χ0v) is 12.3. The minimum absolute atomic E-state index is 0.0852. The van der Waals surface area contributed by atoms with Gasteiger partial charge in [0, 0.05) is 29.8 Å². The molecule has 5 heteroatoms. The van der Waals surface area contributed by atoms with Crippen molar-refractivity contribution in [1.29, 1.82) is 0 Å². The molecule has 1 aliphatic heterocycles. The van der Waals surface area contributed by atoms with E-state index >= 15 is 0 Å². The second-order valence-corrected chi connectivity index (χ2v) is 5.51. The van der Waals surface area contributed by atoms with E-state index in [2.05, 4.69) is 15.9 Å². The predicted molar refractivity (Wildman–Crippen MR) is 76.7 cm³/mol. The Kier molecular flexibility index (Phi) is 4.04. The summed E-state index contributed by atoms with van der Waals surface area (Å²) in [5.74, 6) is 0.0852. The first-order valence-corrected chi connectivity index (χ1v) is 6.81. The van der Waals surface area contributed by atoms with Crippen LogP contribution < -0.4 is 10.6 Å². The minimum Gasteiger partial charge on any atom is -0.328 e. The number of nitrogens with two attached hydrogens (primary N) is 1. The van der Waals surface area contributed by atoms with Crippen molar-refractivity contribution in [3.63, 3.8) is 0 Å². The summed E-state index contributed by atoms with van der Waals surface area (Å²) in [5, 5.41) is 0. The molecule has 1 aromatic rings. The maximum Gasteiger partial charge on any atom is 0.245 e. The highest BCUT2D eigenvalue weighted by molar-refractivity contribution is 9.10. The van der Waals surface area contributed by atoms with E-state index in [4.69, 9.17) is 5.73 Å². The molecule has 18 heavy (non-hydrogen) atoms. The number of halogens is 1. The molecule has 0 saturated carbocycles. The highest BCUT2D eigenvalue weighted by atomic mass is 79.9. The third-order valence-corrected chi connectivity index (χ3v) is 4.30. The monoisotopic (exact) mass is 311 g/mol. The molecular formula is C13H18BrN3O. The van der Waals surface area contributed by atoms with Gasteiger partial charge in [-0.25, -0.2) is 0 Å². The summed E-state index contributed by atoms with van der Waals surface area (Å²) in [6, 6.07) is 5.78. The van der Waals surface area contributed by atoms with E-state index in [-0.39, 0.29) is 11.9 Å². The second-order valence-electron chi connectivity index (χ2n) is 4.66. The zero-order chi connectivity index (χ0) is 13.3. The highest BCUT2D eigenvalue weighted by Crippen LogP contribution is 2.25. The van der Waals surface area contributed by atoms with Gasteiger partial charge in [0.1, 0.15) is 6.04 Å². The smallest absolute Gasteiger partial charge is 0.245 e. The standard InChI is InChI=1S/C13H18BrN3O/c1-9-3-4-10(7-11(9)14)17-6-5-16(2)12(8-15)13(17)18/h3-4,7,12H,5-6,8,15H2,1-2H3. The molecule has 0 bridgehead atoms. The number of rotatable bonds is 2. The molecule has 98 valence electrons. The maximum atomic E-state index is 12.4. The number of carbonyl (C=O) groups is 1. The number of amides is 1. The van der Waals surface area contributed by atoms with Crippen LogP contribution in [0.25, 0.3) is 0 Å². The number of nitrogens with zero attached hydrogens (tertiary/aromatic N) is 2. The molecule has 1 unspecified atom stereocenters. The number of anilines is 1. The summed E-state index contributed by atoms with van der Waals surface area (Å²) in [5.41, 5.74) is 7.78. The third-order valence-electron chi connectivity index (χ3n) is 3.45. The molecule has 4 nitrogen and oxygen atoms in total.